The molecule has 2 N–H and O–H groups in total. The van der Waals surface area contributed by atoms with Crippen molar-refractivity contribution < 1.29 is 38.3 Å². The second kappa shape index (κ2) is 16.4. The molecule has 1 saturated heterocycles. The third-order valence-electron chi connectivity index (χ3n) is 9.10. The van der Waals surface area contributed by atoms with Gasteiger partial charge in [0.1, 0.15) is 42.0 Å². The molecule has 3 aromatic carbocycles. The van der Waals surface area contributed by atoms with Gasteiger partial charge in [-0.1, -0.05) is 68.4 Å². The van der Waals surface area contributed by atoms with Crippen LogP contribution in [-0.2, 0) is 24.6 Å². The van der Waals surface area contributed by atoms with Gasteiger partial charge in [-0.05, 0) is 41.0 Å². The molecule has 4 atom stereocenters. The Hall–Kier alpha value is -5.59. The number of aromatic nitrogens is 4. The number of hydrogen-bond donors (Lipinski definition) is 2. The topological polar surface area (TPSA) is 172 Å². The molecule has 0 saturated carbocycles. The number of benzene rings is 3. The average molecular weight is 723 g/mol. The van der Waals surface area contributed by atoms with Gasteiger partial charge in [-0.3, -0.25) is 14.7 Å². The number of ether oxygens (including phenoxy) is 6. The molecule has 0 aliphatic carbocycles. The highest BCUT2D eigenvalue weighted by Crippen LogP contribution is 2.43. The predicted octanol–water partition coefficient (Wildman–Crippen LogP) is 5.01. The van der Waals surface area contributed by atoms with Gasteiger partial charge in [0.25, 0.3) is 0 Å². The summed E-state index contributed by atoms with van der Waals surface area (Å²) >= 11 is 0. The van der Waals surface area contributed by atoms with E-state index in [1.165, 1.54) is 13.4 Å². The average Bonchev–Trinajstić information content (AvgIpc) is 3.75. The van der Waals surface area contributed by atoms with Crippen LogP contribution in [0, 0.1) is 17.2 Å². The zero-order valence-corrected chi connectivity index (χ0v) is 30.1. The maximum Gasteiger partial charge on any atom is 0.247 e. The van der Waals surface area contributed by atoms with Crippen molar-refractivity contribution in [3.63, 3.8) is 0 Å². The molecule has 0 spiro atoms. The van der Waals surface area contributed by atoms with E-state index in [4.69, 9.17) is 33.7 Å². The molecule has 6 rings (SSSR count). The van der Waals surface area contributed by atoms with Crippen LogP contribution in [0.4, 0.5) is 5.95 Å². The predicted molar refractivity (Wildman–Crippen MR) is 193 cm³/mol. The Morgan fingerprint density at radius 3 is 2.15 bits per heavy atom. The number of anilines is 1. The summed E-state index contributed by atoms with van der Waals surface area (Å²) in [4.78, 5) is 26.1. The lowest BCUT2D eigenvalue weighted by Crippen LogP contribution is -2.40. The van der Waals surface area contributed by atoms with Gasteiger partial charge >= 0.3 is 0 Å². The van der Waals surface area contributed by atoms with E-state index in [1.807, 2.05) is 84.9 Å². The van der Waals surface area contributed by atoms with Crippen molar-refractivity contribution in [2.45, 2.75) is 50.4 Å². The fourth-order valence-corrected chi connectivity index (χ4v) is 6.30. The van der Waals surface area contributed by atoms with Gasteiger partial charge in [0.15, 0.2) is 17.4 Å². The highest BCUT2D eigenvalue weighted by molar-refractivity contribution is 5.91. The van der Waals surface area contributed by atoms with Crippen LogP contribution in [0.5, 0.6) is 17.4 Å². The first-order valence-electron chi connectivity index (χ1n) is 17.1. The molecule has 5 aromatic rings. The molecule has 53 heavy (non-hydrogen) atoms. The van der Waals surface area contributed by atoms with E-state index in [9.17, 15) is 9.90 Å². The van der Waals surface area contributed by atoms with Gasteiger partial charge in [-0.25, -0.2) is 4.98 Å². The standard InChI is InChI=1S/C39H42N6O8/c1-24(2)35(47)43-38-42-34-31(36(44-38)51-21-9-20-40)41-23-45(34)37-33(50-5)32(46)30(53-37)22-52-39(25-10-7-6-8-11-25,26-12-16-28(48-3)17-13-26)27-14-18-29(49-4)19-15-27/h6-8,10-19,23-24,30,32-33,37,46H,9,21-22H2,1-5H3,(H,42,43,44,47). The van der Waals surface area contributed by atoms with E-state index in [1.54, 1.807) is 32.6 Å². The summed E-state index contributed by atoms with van der Waals surface area (Å²) in [5.74, 6) is 0.813. The fourth-order valence-electron chi connectivity index (χ4n) is 6.30. The molecule has 2 aromatic heterocycles. The number of imidazole rings is 1. The Morgan fingerprint density at radius 1 is 0.962 bits per heavy atom. The number of carbonyl (C=O) groups excluding carboxylic acids is 1. The number of nitrogens with zero attached hydrogens (tertiary/aromatic N) is 5. The van der Waals surface area contributed by atoms with Crippen LogP contribution in [0.15, 0.2) is 85.2 Å². The van der Waals surface area contributed by atoms with Gasteiger partial charge in [0, 0.05) is 13.0 Å². The van der Waals surface area contributed by atoms with Crippen LogP contribution in [0.25, 0.3) is 11.2 Å². The van der Waals surface area contributed by atoms with E-state index < -0.39 is 30.1 Å². The highest BCUT2D eigenvalue weighted by atomic mass is 16.6. The van der Waals surface area contributed by atoms with Gasteiger partial charge in [0.2, 0.25) is 17.7 Å². The third-order valence-corrected chi connectivity index (χ3v) is 9.10. The highest BCUT2D eigenvalue weighted by Gasteiger charge is 2.48. The summed E-state index contributed by atoms with van der Waals surface area (Å²) in [6.07, 6.45) is -2.22. The minimum Gasteiger partial charge on any atom is -0.497 e. The number of methoxy groups -OCH3 is 3. The zero-order chi connectivity index (χ0) is 37.5. The van der Waals surface area contributed by atoms with Crippen molar-refractivity contribution in [3.8, 4) is 23.4 Å². The van der Waals surface area contributed by atoms with E-state index >= 15 is 0 Å². The van der Waals surface area contributed by atoms with E-state index in [0.717, 1.165) is 16.7 Å². The molecule has 0 bridgehead atoms. The van der Waals surface area contributed by atoms with Crippen LogP contribution in [0.1, 0.15) is 43.2 Å². The lowest BCUT2D eigenvalue weighted by atomic mass is 9.80. The SMILES string of the molecule is COc1ccc(C(OCC2OC(n3cnc4c(OCCC#N)nc(NC(=O)C(C)C)nc43)C(OC)C2O)(c2ccccc2)c2ccc(OC)cc2)cc1. The molecule has 1 fully saturated rings. The number of nitrogens with one attached hydrogen (secondary N) is 1. The molecular weight excluding hydrogens is 680 g/mol. The Kier molecular flexibility index (Phi) is 11.5. The smallest absolute Gasteiger partial charge is 0.247 e. The number of hydrogen-bond acceptors (Lipinski definition) is 12. The molecule has 0 radical (unpaired) electrons. The van der Waals surface area contributed by atoms with Crippen molar-refractivity contribution >= 4 is 23.0 Å². The van der Waals surface area contributed by atoms with Crippen molar-refractivity contribution in [2.24, 2.45) is 5.92 Å². The molecule has 1 aliphatic heterocycles. The number of rotatable bonds is 15. The normalized spacial score (nSPS) is 18.5. The molecule has 1 aliphatic rings. The van der Waals surface area contributed by atoms with E-state index in [-0.39, 0.29) is 54.5 Å². The summed E-state index contributed by atoms with van der Waals surface area (Å²) < 4.78 is 37.7. The number of fused-ring (bicyclic) bond motifs is 1. The first-order chi connectivity index (χ1) is 25.7. The number of carbonyl (C=O) groups is 1. The molecule has 14 nitrogen and oxygen atoms in total. The first kappa shape index (κ1) is 37.2. The fraction of sp³-hybridized carbons (Fsp3) is 0.359. The van der Waals surface area contributed by atoms with Gasteiger partial charge in [-0.2, -0.15) is 15.2 Å². The Labute approximate surface area is 307 Å². The molecule has 4 unspecified atom stereocenters. The quantitative estimate of drug-likeness (QED) is 0.109. The summed E-state index contributed by atoms with van der Waals surface area (Å²) in [5, 5.41) is 23.5. The monoisotopic (exact) mass is 722 g/mol. The van der Waals surface area contributed by atoms with Crippen LogP contribution in [-0.4, -0.2) is 83.4 Å². The third kappa shape index (κ3) is 7.51. The van der Waals surface area contributed by atoms with E-state index in [2.05, 4.69) is 20.3 Å². The maximum atomic E-state index is 12.6. The van der Waals surface area contributed by atoms with Crippen LogP contribution in [0.2, 0.25) is 0 Å². The van der Waals surface area contributed by atoms with Crippen LogP contribution >= 0.6 is 0 Å². The summed E-state index contributed by atoms with van der Waals surface area (Å²) in [7, 11) is 4.71. The molecule has 1 amide bonds. The first-order valence-corrected chi connectivity index (χ1v) is 17.1. The Bertz CT molecular complexity index is 1980. The van der Waals surface area contributed by atoms with Crippen molar-refractivity contribution in [2.75, 3.05) is 39.9 Å². The lowest BCUT2D eigenvalue weighted by molar-refractivity contribution is -0.118. The van der Waals surface area contributed by atoms with E-state index in [0.29, 0.717) is 11.5 Å². The van der Waals surface area contributed by atoms with Crippen molar-refractivity contribution in [1.82, 2.24) is 19.5 Å². The largest absolute Gasteiger partial charge is 0.497 e. The minimum atomic E-state index is -1.16. The number of aliphatic hydroxyl groups excluding tert-OH is 1. The van der Waals surface area contributed by atoms with Crippen LogP contribution < -0.4 is 19.5 Å². The zero-order valence-electron chi connectivity index (χ0n) is 30.1. The molecule has 14 heteroatoms. The summed E-state index contributed by atoms with van der Waals surface area (Å²) in [6.45, 7) is 3.48. The van der Waals surface area contributed by atoms with Crippen molar-refractivity contribution in [1.29, 1.82) is 5.26 Å². The minimum absolute atomic E-state index is 0.0102. The Morgan fingerprint density at radius 2 is 1.58 bits per heavy atom. The Balaban J connectivity index is 1.38. The van der Waals surface area contributed by atoms with Crippen molar-refractivity contribution in [3.05, 3.63) is 102 Å². The lowest BCUT2D eigenvalue weighted by Gasteiger charge is -2.37. The molecule has 276 valence electrons. The molecule has 3 heterocycles. The summed E-state index contributed by atoms with van der Waals surface area (Å²) in [6, 6.07) is 27.1. The van der Waals surface area contributed by atoms with Gasteiger partial charge in [0.05, 0.1) is 39.6 Å². The second-order valence-corrected chi connectivity index (χ2v) is 12.6. The van der Waals surface area contributed by atoms with Crippen LogP contribution in [0.3, 0.4) is 0 Å². The second-order valence-electron chi connectivity index (χ2n) is 12.6. The number of aliphatic hydroxyl groups is 1. The number of nitriles is 1. The maximum absolute atomic E-state index is 12.6. The number of amides is 1. The van der Waals surface area contributed by atoms with Gasteiger partial charge < -0.3 is 33.5 Å². The summed E-state index contributed by atoms with van der Waals surface area (Å²) in [5.41, 5.74) is 1.87. The van der Waals surface area contributed by atoms with Gasteiger partial charge in [-0.15, -0.1) is 0 Å². The molecular formula is C39H42N6O8.